The van der Waals surface area contributed by atoms with Gasteiger partial charge in [-0.05, 0) is 49.9 Å². The number of halogens is 1. The summed E-state index contributed by atoms with van der Waals surface area (Å²) in [5.41, 5.74) is 0.856. The molecular weight excluding hydrogens is 363 g/mol. The molecule has 144 valence electrons. The average Bonchev–Trinajstić information content (AvgIpc) is 3.07. The van der Waals surface area contributed by atoms with Crippen LogP contribution in [0.25, 0.3) is 5.65 Å². The van der Waals surface area contributed by atoms with Crippen molar-refractivity contribution >= 4 is 17.4 Å². The molecule has 3 heterocycles. The summed E-state index contributed by atoms with van der Waals surface area (Å²) in [6, 6.07) is 5.90. The number of ether oxygens (including phenoxy) is 1. The third-order valence-corrected chi connectivity index (χ3v) is 5.81. The molecule has 0 radical (unpaired) electrons. The molecule has 2 fully saturated rings. The number of benzene rings is 1. The maximum Gasteiger partial charge on any atom is 0.343 e. The van der Waals surface area contributed by atoms with E-state index >= 15 is 0 Å². The summed E-state index contributed by atoms with van der Waals surface area (Å²) in [5, 5.41) is 14.5. The number of piperidine rings is 1. The summed E-state index contributed by atoms with van der Waals surface area (Å²) < 4.78 is 20.5. The quantitative estimate of drug-likeness (QED) is 0.699. The van der Waals surface area contributed by atoms with Gasteiger partial charge in [-0.1, -0.05) is 0 Å². The number of phenolic OH excluding ortho intramolecular Hbond substituents is 1. The van der Waals surface area contributed by atoms with Crippen molar-refractivity contribution in [3.05, 3.63) is 53.6 Å². The molecule has 28 heavy (non-hydrogen) atoms. The monoisotopic (exact) mass is 382 g/mol. The third-order valence-electron chi connectivity index (χ3n) is 5.81. The highest BCUT2D eigenvalue weighted by Crippen LogP contribution is 2.64. The van der Waals surface area contributed by atoms with Crippen LogP contribution in [0.5, 0.6) is 5.75 Å². The van der Waals surface area contributed by atoms with Crippen LogP contribution in [0.1, 0.15) is 35.7 Å². The molecule has 1 N–H and O–H groups in total. The number of anilines is 1. The van der Waals surface area contributed by atoms with Crippen LogP contribution < -0.4 is 4.90 Å². The lowest BCUT2D eigenvalue weighted by Gasteiger charge is -2.30. The van der Waals surface area contributed by atoms with Crippen molar-refractivity contribution in [3.63, 3.8) is 0 Å². The Morgan fingerprint density at radius 2 is 2.29 bits per heavy atom. The number of rotatable bonds is 4. The minimum absolute atomic E-state index is 0.0912. The number of carbonyl (C=O) groups excluding carboxylic acids is 1. The smallest absolute Gasteiger partial charge is 0.343 e. The van der Waals surface area contributed by atoms with E-state index in [9.17, 15) is 14.3 Å². The van der Waals surface area contributed by atoms with Gasteiger partial charge in [0.25, 0.3) is 0 Å². The van der Waals surface area contributed by atoms with Crippen LogP contribution in [-0.2, 0) is 10.3 Å². The molecule has 5 rings (SSSR count). The Bertz CT molecular complexity index is 1100. The Hall–Kier alpha value is -3.16. The van der Waals surface area contributed by atoms with Gasteiger partial charge in [-0.3, -0.25) is 0 Å². The number of esters is 1. The minimum atomic E-state index is -0.467. The van der Waals surface area contributed by atoms with Gasteiger partial charge in [0.2, 0.25) is 0 Å². The molecule has 0 spiro atoms. The minimum Gasteiger partial charge on any atom is -0.508 e. The summed E-state index contributed by atoms with van der Waals surface area (Å²) in [6.45, 7) is 2.76. The van der Waals surface area contributed by atoms with Crippen LogP contribution in [0.15, 0.2) is 36.7 Å². The van der Waals surface area contributed by atoms with Crippen molar-refractivity contribution in [2.45, 2.75) is 25.3 Å². The van der Waals surface area contributed by atoms with E-state index < -0.39 is 11.5 Å². The Labute approximate surface area is 160 Å². The summed E-state index contributed by atoms with van der Waals surface area (Å²) in [5.74, 6) is 0.261. The van der Waals surface area contributed by atoms with E-state index in [-0.39, 0.29) is 18.2 Å². The summed E-state index contributed by atoms with van der Waals surface area (Å²) >= 11 is 0. The SMILES string of the molecule is CCOC(=O)c1cnn2ccc(N3CC[C@H]4C[C@]43c3cc(F)ccc3O)nc12. The van der Waals surface area contributed by atoms with Gasteiger partial charge in [0.15, 0.2) is 5.65 Å². The number of hydrogen-bond acceptors (Lipinski definition) is 6. The fraction of sp³-hybridized carbons (Fsp3) is 0.350. The Morgan fingerprint density at radius 1 is 1.43 bits per heavy atom. The molecule has 1 saturated heterocycles. The molecule has 1 aliphatic carbocycles. The fourth-order valence-electron chi connectivity index (χ4n) is 4.48. The molecule has 2 atom stereocenters. The van der Waals surface area contributed by atoms with Gasteiger partial charge in [-0.25, -0.2) is 18.7 Å². The van der Waals surface area contributed by atoms with E-state index in [0.717, 1.165) is 19.4 Å². The van der Waals surface area contributed by atoms with Crippen molar-refractivity contribution in [2.24, 2.45) is 5.92 Å². The number of carbonyl (C=O) groups is 1. The predicted octanol–water partition coefficient (Wildman–Crippen LogP) is 2.88. The van der Waals surface area contributed by atoms with Gasteiger partial charge in [0, 0.05) is 18.3 Å². The second-order valence-corrected chi connectivity index (χ2v) is 7.26. The molecule has 1 aromatic carbocycles. The standard InChI is InChI=1S/C20H19FN4O3/c1-2-28-19(27)14-11-22-25-8-6-17(23-18(14)25)24-7-5-12-10-20(12,24)15-9-13(21)3-4-16(15)26/h3-4,6,8-9,11-12,26H,2,5,7,10H2,1H3/t12-,20+/m0/s1. The number of fused-ring (bicyclic) bond motifs is 2. The number of aromatic hydroxyl groups is 1. The maximum atomic E-state index is 13.9. The van der Waals surface area contributed by atoms with Crippen molar-refractivity contribution in [3.8, 4) is 5.75 Å². The van der Waals surface area contributed by atoms with Gasteiger partial charge >= 0.3 is 5.97 Å². The highest BCUT2D eigenvalue weighted by atomic mass is 19.1. The number of aromatic nitrogens is 3. The molecule has 2 aromatic heterocycles. The first-order valence-electron chi connectivity index (χ1n) is 9.32. The lowest BCUT2D eigenvalue weighted by atomic mass is 10.0. The first-order valence-corrected chi connectivity index (χ1v) is 9.32. The van der Waals surface area contributed by atoms with Gasteiger partial charge < -0.3 is 14.7 Å². The second-order valence-electron chi connectivity index (χ2n) is 7.26. The second kappa shape index (κ2) is 5.92. The molecule has 2 aliphatic rings. The molecule has 1 aliphatic heterocycles. The normalized spacial score (nSPS) is 23.1. The maximum absolute atomic E-state index is 13.9. The zero-order valence-corrected chi connectivity index (χ0v) is 15.3. The van der Waals surface area contributed by atoms with Crippen LogP contribution in [0.3, 0.4) is 0 Å². The highest BCUT2D eigenvalue weighted by molar-refractivity contribution is 5.95. The van der Waals surface area contributed by atoms with E-state index in [0.29, 0.717) is 28.5 Å². The van der Waals surface area contributed by atoms with Gasteiger partial charge in [0.05, 0.1) is 18.3 Å². The number of hydrogen-bond donors (Lipinski definition) is 1. The Kier molecular flexibility index (Phi) is 3.59. The van der Waals surface area contributed by atoms with E-state index in [1.54, 1.807) is 13.1 Å². The topological polar surface area (TPSA) is 80.0 Å². The molecule has 1 saturated carbocycles. The zero-order chi connectivity index (χ0) is 19.5. The Morgan fingerprint density at radius 3 is 3.07 bits per heavy atom. The van der Waals surface area contributed by atoms with Gasteiger partial charge in [0.1, 0.15) is 22.9 Å². The van der Waals surface area contributed by atoms with Gasteiger partial charge in [-0.15, -0.1) is 0 Å². The molecular formula is C20H19FN4O3. The van der Waals surface area contributed by atoms with Crippen LogP contribution in [-0.4, -0.2) is 38.8 Å². The van der Waals surface area contributed by atoms with Crippen molar-refractivity contribution in [1.82, 2.24) is 14.6 Å². The number of phenols is 1. The van der Waals surface area contributed by atoms with E-state index in [2.05, 4.69) is 15.0 Å². The molecule has 7 nitrogen and oxygen atoms in total. The van der Waals surface area contributed by atoms with Crippen molar-refractivity contribution < 1.29 is 19.0 Å². The zero-order valence-electron chi connectivity index (χ0n) is 15.3. The first-order chi connectivity index (χ1) is 13.5. The molecule has 0 amide bonds. The van der Waals surface area contributed by atoms with Crippen LogP contribution in [0, 0.1) is 11.7 Å². The van der Waals surface area contributed by atoms with E-state index in [4.69, 9.17) is 4.74 Å². The molecule has 0 bridgehead atoms. The van der Waals surface area contributed by atoms with Crippen LogP contribution >= 0.6 is 0 Å². The predicted molar refractivity (Wildman–Crippen MR) is 98.8 cm³/mol. The van der Waals surface area contributed by atoms with Crippen molar-refractivity contribution in [2.75, 3.05) is 18.1 Å². The molecule has 3 aromatic rings. The Balaban J connectivity index is 1.59. The van der Waals surface area contributed by atoms with Crippen LogP contribution in [0.2, 0.25) is 0 Å². The highest BCUT2D eigenvalue weighted by Gasteiger charge is 2.64. The van der Waals surface area contributed by atoms with Crippen LogP contribution in [0.4, 0.5) is 10.2 Å². The van der Waals surface area contributed by atoms with Crippen molar-refractivity contribution in [1.29, 1.82) is 0 Å². The van der Waals surface area contributed by atoms with E-state index in [1.165, 1.54) is 28.9 Å². The third kappa shape index (κ3) is 2.30. The summed E-state index contributed by atoms with van der Waals surface area (Å²) in [6.07, 6.45) is 4.96. The number of nitrogens with zero attached hydrogens (tertiary/aromatic N) is 4. The fourth-order valence-corrected chi connectivity index (χ4v) is 4.48. The molecule has 0 unspecified atom stereocenters. The largest absolute Gasteiger partial charge is 0.508 e. The average molecular weight is 382 g/mol. The summed E-state index contributed by atoms with van der Waals surface area (Å²) in [7, 11) is 0. The van der Waals surface area contributed by atoms with Gasteiger partial charge in [-0.2, -0.15) is 5.10 Å². The summed E-state index contributed by atoms with van der Waals surface area (Å²) in [4.78, 5) is 19.0. The first kappa shape index (κ1) is 17.0. The lowest BCUT2D eigenvalue weighted by Crippen LogP contribution is -2.33. The van der Waals surface area contributed by atoms with E-state index in [1.807, 2.05) is 6.07 Å². The lowest BCUT2D eigenvalue weighted by molar-refractivity contribution is 0.0528. The molecule has 8 heteroatoms.